The first-order chi connectivity index (χ1) is 9.91. The van der Waals surface area contributed by atoms with Crippen molar-refractivity contribution < 1.29 is 13.2 Å². The van der Waals surface area contributed by atoms with Gasteiger partial charge in [0.15, 0.2) is 5.11 Å². The van der Waals surface area contributed by atoms with Crippen LogP contribution in [0.1, 0.15) is 31.2 Å². The summed E-state index contributed by atoms with van der Waals surface area (Å²) in [6, 6.07) is 5.47. The lowest BCUT2D eigenvalue weighted by molar-refractivity contribution is -0.137. The minimum Gasteiger partial charge on any atom is -0.359 e. The molecule has 3 rings (SSSR count). The summed E-state index contributed by atoms with van der Waals surface area (Å²) >= 11 is 5.22. The molecule has 0 amide bonds. The van der Waals surface area contributed by atoms with E-state index in [1.807, 2.05) is 0 Å². The van der Waals surface area contributed by atoms with Crippen LogP contribution in [0, 0.1) is 11.8 Å². The number of halogens is 3. The van der Waals surface area contributed by atoms with Gasteiger partial charge in [-0.05, 0) is 61.5 Å². The maximum Gasteiger partial charge on any atom is 0.416 e. The molecule has 3 atom stereocenters. The summed E-state index contributed by atoms with van der Waals surface area (Å²) in [6.45, 7) is 0. The van der Waals surface area contributed by atoms with Crippen molar-refractivity contribution in [2.24, 2.45) is 11.8 Å². The molecule has 1 aromatic carbocycles. The lowest BCUT2D eigenvalue weighted by atomic mass is 9.96. The summed E-state index contributed by atoms with van der Waals surface area (Å²) in [5.41, 5.74) is -0.305. The van der Waals surface area contributed by atoms with E-state index in [-0.39, 0.29) is 0 Å². The van der Waals surface area contributed by atoms with Gasteiger partial charge in [0.1, 0.15) is 0 Å². The monoisotopic (exact) mass is 314 g/mol. The molecule has 0 radical (unpaired) electrons. The zero-order chi connectivity index (χ0) is 15.0. The normalized spacial score (nSPS) is 27.7. The van der Waals surface area contributed by atoms with E-state index in [9.17, 15) is 13.2 Å². The van der Waals surface area contributed by atoms with Crippen LogP contribution in [0.2, 0.25) is 0 Å². The quantitative estimate of drug-likeness (QED) is 0.801. The van der Waals surface area contributed by atoms with Crippen LogP contribution in [-0.2, 0) is 6.18 Å². The second-order valence-electron chi connectivity index (χ2n) is 5.96. The van der Waals surface area contributed by atoms with Crippen LogP contribution in [0.25, 0.3) is 0 Å². The highest BCUT2D eigenvalue weighted by Crippen LogP contribution is 2.44. The zero-order valence-corrected chi connectivity index (χ0v) is 12.2. The third-order valence-corrected chi connectivity index (χ3v) is 4.72. The molecule has 2 bridgehead atoms. The summed E-state index contributed by atoms with van der Waals surface area (Å²) < 4.78 is 38.0. The van der Waals surface area contributed by atoms with Gasteiger partial charge in [-0.3, -0.25) is 0 Å². The minimum atomic E-state index is -4.34. The molecule has 6 heteroatoms. The van der Waals surface area contributed by atoms with E-state index in [2.05, 4.69) is 10.6 Å². The Bertz CT molecular complexity index is 544. The van der Waals surface area contributed by atoms with Crippen molar-refractivity contribution in [2.75, 3.05) is 5.32 Å². The number of hydrogen-bond donors (Lipinski definition) is 2. The van der Waals surface area contributed by atoms with Gasteiger partial charge in [0.2, 0.25) is 0 Å². The molecule has 0 aromatic heterocycles. The predicted molar refractivity (Wildman–Crippen MR) is 80.0 cm³/mol. The number of anilines is 1. The van der Waals surface area contributed by atoms with Gasteiger partial charge in [0.25, 0.3) is 0 Å². The third-order valence-electron chi connectivity index (χ3n) is 4.50. The number of alkyl halides is 3. The van der Waals surface area contributed by atoms with E-state index >= 15 is 0 Å². The third kappa shape index (κ3) is 3.31. The van der Waals surface area contributed by atoms with Gasteiger partial charge in [-0.1, -0.05) is 12.5 Å². The van der Waals surface area contributed by atoms with Crippen molar-refractivity contribution >= 4 is 23.0 Å². The van der Waals surface area contributed by atoms with Crippen LogP contribution in [0.15, 0.2) is 24.3 Å². The number of thiocarbonyl (C=S) groups is 1. The molecule has 0 heterocycles. The molecule has 2 fully saturated rings. The lowest BCUT2D eigenvalue weighted by Crippen LogP contribution is -2.40. The van der Waals surface area contributed by atoms with Crippen molar-refractivity contribution in [3.63, 3.8) is 0 Å². The SMILES string of the molecule is FC(F)(F)c1cccc(NC(=S)N[C@@H]2C[C@H]3CC[C@H]2C3)c1. The Kier molecular flexibility index (Phi) is 3.82. The highest BCUT2D eigenvalue weighted by Gasteiger charge is 2.39. The number of nitrogens with one attached hydrogen (secondary N) is 2. The van der Waals surface area contributed by atoms with Crippen LogP contribution < -0.4 is 10.6 Å². The molecule has 114 valence electrons. The average Bonchev–Trinajstić information content (AvgIpc) is 3.00. The molecule has 0 unspecified atom stereocenters. The molecular weight excluding hydrogens is 297 g/mol. The van der Waals surface area contributed by atoms with Gasteiger partial charge in [0, 0.05) is 11.7 Å². The van der Waals surface area contributed by atoms with Crippen molar-refractivity contribution in [1.29, 1.82) is 0 Å². The van der Waals surface area contributed by atoms with E-state index in [4.69, 9.17) is 12.2 Å². The first-order valence-electron chi connectivity index (χ1n) is 7.16. The smallest absolute Gasteiger partial charge is 0.359 e. The molecule has 1 aromatic rings. The largest absolute Gasteiger partial charge is 0.416 e. The summed E-state index contributed by atoms with van der Waals surface area (Å²) in [4.78, 5) is 0. The summed E-state index contributed by atoms with van der Waals surface area (Å²) in [5, 5.41) is 6.53. The predicted octanol–water partition coefficient (Wildman–Crippen LogP) is 4.18. The van der Waals surface area contributed by atoms with Gasteiger partial charge in [-0.25, -0.2) is 0 Å². The maximum atomic E-state index is 12.7. The minimum absolute atomic E-state index is 0.366. The second kappa shape index (κ2) is 5.48. The van der Waals surface area contributed by atoms with E-state index in [1.54, 1.807) is 6.07 Å². The topological polar surface area (TPSA) is 24.1 Å². The van der Waals surface area contributed by atoms with E-state index in [0.29, 0.717) is 22.8 Å². The average molecular weight is 314 g/mol. The Morgan fingerprint density at radius 1 is 1.19 bits per heavy atom. The van der Waals surface area contributed by atoms with E-state index in [0.717, 1.165) is 24.5 Å². The lowest BCUT2D eigenvalue weighted by Gasteiger charge is -2.24. The first-order valence-corrected chi connectivity index (χ1v) is 7.57. The highest BCUT2D eigenvalue weighted by molar-refractivity contribution is 7.80. The standard InChI is InChI=1S/C15H17F3N2S/c16-15(17,18)11-2-1-3-12(8-11)19-14(21)20-13-7-9-4-5-10(13)6-9/h1-3,8-10,13H,4-7H2,(H2,19,20,21)/t9-,10-,13+/m0/s1. The maximum absolute atomic E-state index is 12.7. The Labute approximate surface area is 127 Å². The molecular formula is C15H17F3N2S. The molecule has 0 aliphatic heterocycles. The number of fused-ring (bicyclic) bond motifs is 2. The number of hydrogen-bond acceptors (Lipinski definition) is 1. The molecule has 2 aliphatic rings. The molecule has 2 N–H and O–H groups in total. The Morgan fingerprint density at radius 3 is 2.62 bits per heavy atom. The van der Waals surface area contributed by atoms with Crippen LogP contribution in [0.3, 0.4) is 0 Å². The Morgan fingerprint density at radius 2 is 2.00 bits per heavy atom. The molecule has 2 nitrogen and oxygen atoms in total. The summed E-state index contributed by atoms with van der Waals surface area (Å²) in [5.74, 6) is 1.46. The fourth-order valence-electron chi connectivity index (χ4n) is 3.53. The fraction of sp³-hybridized carbons (Fsp3) is 0.533. The molecule has 2 saturated carbocycles. The van der Waals surface area contributed by atoms with Gasteiger partial charge < -0.3 is 10.6 Å². The van der Waals surface area contributed by atoms with Gasteiger partial charge >= 0.3 is 6.18 Å². The molecule has 0 spiro atoms. The van der Waals surface area contributed by atoms with Crippen LogP contribution in [0.4, 0.5) is 18.9 Å². The molecule has 21 heavy (non-hydrogen) atoms. The van der Waals surface area contributed by atoms with Crippen LogP contribution in [0.5, 0.6) is 0 Å². The first kappa shape index (κ1) is 14.6. The van der Waals surface area contributed by atoms with Gasteiger partial charge in [-0.15, -0.1) is 0 Å². The molecule has 0 saturated heterocycles. The van der Waals surface area contributed by atoms with Crippen LogP contribution in [-0.4, -0.2) is 11.2 Å². The fourth-order valence-corrected chi connectivity index (χ4v) is 3.80. The van der Waals surface area contributed by atoms with Gasteiger partial charge in [0.05, 0.1) is 5.56 Å². The summed E-state index contributed by atoms with van der Waals surface area (Å²) in [7, 11) is 0. The van der Waals surface area contributed by atoms with E-state index in [1.165, 1.54) is 25.3 Å². The van der Waals surface area contributed by atoms with E-state index < -0.39 is 11.7 Å². The summed E-state index contributed by atoms with van der Waals surface area (Å²) in [6.07, 6.45) is 0.571. The molecule has 2 aliphatic carbocycles. The second-order valence-corrected chi connectivity index (χ2v) is 6.37. The van der Waals surface area contributed by atoms with Crippen molar-refractivity contribution in [2.45, 2.75) is 37.9 Å². The van der Waals surface area contributed by atoms with Crippen LogP contribution >= 0.6 is 12.2 Å². The zero-order valence-electron chi connectivity index (χ0n) is 11.4. The Balaban J connectivity index is 1.60. The number of rotatable bonds is 2. The van der Waals surface area contributed by atoms with Crippen molar-refractivity contribution in [3.05, 3.63) is 29.8 Å². The van der Waals surface area contributed by atoms with Crippen molar-refractivity contribution in [3.8, 4) is 0 Å². The highest BCUT2D eigenvalue weighted by atomic mass is 32.1. The Hall–Kier alpha value is -1.30. The van der Waals surface area contributed by atoms with Crippen molar-refractivity contribution in [1.82, 2.24) is 5.32 Å². The van der Waals surface area contributed by atoms with Gasteiger partial charge in [-0.2, -0.15) is 13.2 Å². The number of benzene rings is 1.